The van der Waals surface area contributed by atoms with E-state index in [9.17, 15) is 12.8 Å². The van der Waals surface area contributed by atoms with Crippen LogP contribution in [0.1, 0.15) is 6.42 Å². The standard InChI is InChI=1S/C11H14ClFN2O2S/c1-15(8-5-6-14-7-8)18(16,17)10-4-2-3-9(12)11(10)13/h2-4,8,14H,5-7H2,1H3. The van der Waals surface area contributed by atoms with Gasteiger partial charge >= 0.3 is 0 Å². The lowest BCUT2D eigenvalue weighted by molar-refractivity contribution is 0.385. The second-order valence-corrected chi connectivity index (χ2v) is 6.59. The molecule has 1 saturated heterocycles. The van der Waals surface area contributed by atoms with Crippen LogP contribution >= 0.6 is 11.6 Å². The monoisotopic (exact) mass is 292 g/mol. The van der Waals surface area contributed by atoms with Gasteiger partial charge in [0.05, 0.1) is 5.02 Å². The maximum Gasteiger partial charge on any atom is 0.246 e. The summed E-state index contributed by atoms with van der Waals surface area (Å²) < 4.78 is 39.6. The van der Waals surface area contributed by atoms with Crippen LogP contribution in [0, 0.1) is 5.82 Å². The van der Waals surface area contributed by atoms with Gasteiger partial charge in [0.1, 0.15) is 4.90 Å². The minimum atomic E-state index is -3.84. The molecule has 100 valence electrons. The molecule has 1 atom stereocenters. The highest BCUT2D eigenvalue weighted by Crippen LogP contribution is 2.26. The predicted octanol–water partition coefficient (Wildman–Crippen LogP) is 1.46. The molecule has 0 spiro atoms. The van der Waals surface area contributed by atoms with Crippen molar-refractivity contribution in [2.75, 3.05) is 20.1 Å². The molecule has 0 aromatic heterocycles. The Balaban J connectivity index is 2.38. The van der Waals surface area contributed by atoms with Crippen molar-refractivity contribution in [3.63, 3.8) is 0 Å². The third-order valence-electron chi connectivity index (χ3n) is 3.12. The third-order valence-corrected chi connectivity index (χ3v) is 5.34. The fourth-order valence-electron chi connectivity index (χ4n) is 1.98. The van der Waals surface area contributed by atoms with Crippen LogP contribution in [0.2, 0.25) is 5.02 Å². The molecule has 2 rings (SSSR count). The molecular formula is C11H14ClFN2O2S. The van der Waals surface area contributed by atoms with Crippen LogP contribution in [0.5, 0.6) is 0 Å². The summed E-state index contributed by atoms with van der Waals surface area (Å²) in [5.41, 5.74) is 0. The highest BCUT2D eigenvalue weighted by molar-refractivity contribution is 7.89. The zero-order valence-electron chi connectivity index (χ0n) is 9.86. The number of rotatable bonds is 3. The van der Waals surface area contributed by atoms with Crippen molar-refractivity contribution in [1.82, 2.24) is 9.62 Å². The number of benzene rings is 1. The molecule has 7 heteroatoms. The molecule has 1 aromatic rings. The molecule has 0 radical (unpaired) electrons. The largest absolute Gasteiger partial charge is 0.315 e. The highest BCUT2D eigenvalue weighted by atomic mass is 35.5. The number of sulfonamides is 1. The molecule has 0 bridgehead atoms. The quantitative estimate of drug-likeness (QED) is 0.918. The number of hydrogen-bond acceptors (Lipinski definition) is 3. The Morgan fingerprint density at radius 3 is 2.83 bits per heavy atom. The number of nitrogens with one attached hydrogen (secondary N) is 1. The van der Waals surface area contributed by atoms with Crippen LogP contribution in [0.25, 0.3) is 0 Å². The van der Waals surface area contributed by atoms with Gasteiger partial charge in [0.25, 0.3) is 0 Å². The van der Waals surface area contributed by atoms with Gasteiger partial charge in [0, 0.05) is 19.6 Å². The van der Waals surface area contributed by atoms with Crippen LogP contribution in [0.3, 0.4) is 0 Å². The molecule has 1 aliphatic heterocycles. The first-order valence-electron chi connectivity index (χ1n) is 5.57. The summed E-state index contributed by atoms with van der Waals surface area (Å²) in [6, 6.07) is 3.84. The highest BCUT2D eigenvalue weighted by Gasteiger charge is 2.32. The van der Waals surface area contributed by atoms with E-state index in [4.69, 9.17) is 11.6 Å². The maximum atomic E-state index is 13.8. The van der Waals surface area contributed by atoms with E-state index in [1.54, 1.807) is 0 Å². The molecule has 1 aliphatic rings. The second kappa shape index (κ2) is 5.13. The Labute approximate surface area is 111 Å². The molecule has 18 heavy (non-hydrogen) atoms. The maximum absolute atomic E-state index is 13.8. The van der Waals surface area contributed by atoms with Gasteiger partial charge in [-0.25, -0.2) is 12.8 Å². The molecule has 1 N–H and O–H groups in total. The van der Waals surface area contributed by atoms with Gasteiger partial charge in [-0.1, -0.05) is 17.7 Å². The molecule has 1 heterocycles. The lowest BCUT2D eigenvalue weighted by atomic mass is 10.3. The van der Waals surface area contributed by atoms with Crippen molar-refractivity contribution in [3.8, 4) is 0 Å². The zero-order chi connectivity index (χ0) is 13.3. The summed E-state index contributed by atoms with van der Waals surface area (Å²) in [6.07, 6.45) is 0.720. The van der Waals surface area contributed by atoms with Crippen LogP contribution < -0.4 is 5.32 Å². The summed E-state index contributed by atoms with van der Waals surface area (Å²) >= 11 is 5.61. The zero-order valence-corrected chi connectivity index (χ0v) is 11.4. The van der Waals surface area contributed by atoms with Gasteiger partial charge in [0.2, 0.25) is 10.0 Å². The molecule has 0 amide bonds. The molecule has 4 nitrogen and oxygen atoms in total. The molecule has 1 aromatic carbocycles. The minimum Gasteiger partial charge on any atom is -0.315 e. The molecular weight excluding hydrogens is 279 g/mol. The summed E-state index contributed by atoms with van der Waals surface area (Å²) in [6.45, 7) is 1.35. The van der Waals surface area contributed by atoms with Crippen LogP contribution in [-0.2, 0) is 10.0 Å². The summed E-state index contributed by atoms with van der Waals surface area (Å²) in [7, 11) is -2.38. The first kappa shape index (κ1) is 13.7. The molecule has 0 aliphatic carbocycles. The minimum absolute atomic E-state index is 0.145. The Morgan fingerprint density at radius 1 is 1.50 bits per heavy atom. The lowest BCUT2D eigenvalue weighted by Crippen LogP contribution is -2.38. The molecule has 0 saturated carbocycles. The van der Waals surface area contributed by atoms with E-state index < -0.39 is 15.8 Å². The van der Waals surface area contributed by atoms with E-state index >= 15 is 0 Å². The fourth-order valence-corrected chi connectivity index (χ4v) is 3.68. The Kier molecular flexibility index (Phi) is 3.91. The average molecular weight is 293 g/mol. The Hall–Kier alpha value is -0.690. The van der Waals surface area contributed by atoms with Crippen LogP contribution in [0.4, 0.5) is 4.39 Å². The van der Waals surface area contributed by atoms with Gasteiger partial charge in [0.15, 0.2) is 5.82 Å². The van der Waals surface area contributed by atoms with Gasteiger partial charge in [-0.3, -0.25) is 0 Å². The Morgan fingerprint density at radius 2 is 2.22 bits per heavy atom. The summed E-state index contributed by atoms with van der Waals surface area (Å²) in [5, 5.41) is 2.89. The predicted molar refractivity (Wildman–Crippen MR) is 67.6 cm³/mol. The van der Waals surface area contributed by atoms with Crippen molar-refractivity contribution < 1.29 is 12.8 Å². The molecule has 1 unspecified atom stereocenters. The number of halogens is 2. The van der Waals surface area contributed by atoms with Crippen molar-refractivity contribution in [1.29, 1.82) is 0 Å². The first-order valence-corrected chi connectivity index (χ1v) is 7.39. The van der Waals surface area contributed by atoms with E-state index in [0.717, 1.165) is 13.0 Å². The van der Waals surface area contributed by atoms with Crippen molar-refractivity contribution in [2.45, 2.75) is 17.4 Å². The van der Waals surface area contributed by atoms with Gasteiger partial charge in [-0.05, 0) is 25.1 Å². The van der Waals surface area contributed by atoms with E-state index in [1.807, 2.05) is 0 Å². The van der Waals surface area contributed by atoms with Gasteiger partial charge < -0.3 is 5.32 Å². The third kappa shape index (κ3) is 2.38. The number of likely N-dealkylation sites (N-methyl/N-ethyl adjacent to an activating group) is 1. The van der Waals surface area contributed by atoms with E-state index in [0.29, 0.717) is 6.54 Å². The lowest BCUT2D eigenvalue weighted by Gasteiger charge is -2.23. The number of hydrogen-bond donors (Lipinski definition) is 1. The van der Waals surface area contributed by atoms with Crippen molar-refractivity contribution >= 4 is 21.6 Å². The van der Waals surface area contributed by atoms with Crippen molar-refractivity contribution in [2.24, 2.45) is 0 Å². The SMILES string of the molecule is CN(C1CCNC1)S(=O)(=O)c1cccc(Cl)c1F. The Bertz CT molecular complexity index is 544. The first-order chi connectivity index (χ1) is 8.44. The van der Waals surface area contributed by atoms with Gasteiger partial charge in [-0.2, -0.15) is 4.31 Å². The average Bonchev–Trinajstić information content (AvgIpc) is 2.85. The summed E-state index contributed by atoms with van der Waals surface area (Å²) in [4.78, 5) is -0.371. The van der Waals surface area contributed by atoms with Gasteiger partial charge in [-0.15, -0.1) is 0 Å². The number of nitrogens with zero attached hydrogens (tertiary/aromatic N) is 1. The van der Waals surface area contributed by atoms with Crippen LogP contribution in [0.15, 0.2) is 23.1 Å². The van der Waals surface area contributed by atoms with E-state index in [1.165, 1.54) is 29.6 Å². The van der Waals surface area contributed by atoms with Crippen LogP contribution in [-0.4, -0.2) is 38.9 Å². The normalized spacial score (nSPS) is 20.6. The second-order valence-electron chi connectivity index (χ2n) is 4.22. The van der Waals surface area contributed by atoms with Crippen molar-refractivity contribution in [3.05, 3.63) is 29.0 Å². The summed E-state index contributed by atoms with van der Waals surface area (Å²) in [5.74, 6) is -0.892. The molecule has 1 fully saturated rings. The smallest absolute Gasteiger partial charge is 0.246 e. The van der Waals surface area contributed by atoms with E-state index in [2.05, 4.69) is 5.32 Å². The van der Waals surface area contributed by atoms with E-state index in [-0.39, 0.29) is 16.0 Å². The fraction of sp³-hybridized carbons (Fsp3) is 0.455. The topological polar surface area (TPSA) is 49.4 Å².